The summed E-state index contributed by atoms with van der Waals surface area (Å²) < 4.78 is 1.42. The van der Waals surface area contributed by atoms with Gasteiger partial charge in [-0.1, -0.05) is 12.2 Å². The molecule has 0 spiro atoms. The molecule has 2 aliphatic rings. The minimum Gasteiger partial charge on any atom is -0.494 e. The molecule has 2 aromatic rings. The van der Waals surface area contributed by atoms with E-state index in [0.29, 0.717) is 11.3 Å². The fourth-order valence-electron chi connectivity index (χ4n) is 3.43. The SMILES string of the molecule is O=C(Cl)c1ccc(-n2c(O)c3c(c2O)C2C=CC3C2)cc1. The number of carbonyl (C=O) groups excluding carboxylic acids is 1. The molecule has 5 heteroatoms. The zero-order valence-corrected chi connectivity index (χ0v) is 11.7. The summed E-state index contributed by atoms with van der Waals surface area (Å²) in [5, 5.41) is 20.4. The highest BCUT2D eigenvalue weighted by Gasteiger charge is 2.41. The van der Waals surface area contributed by atoms with E-state index in [9.17, 15) is 15.0 Å². The Balaban J connectivity index is 1.86. The Kier molecular flexibility index (Phi) is 2.48. The van der Waals surface area contributed by atoms with Crippen molar-refractivity contribution in [2.24, 2.45) is 0 Å². The first-order valence-electron chi connectivity index (χ1n) is 6.73. The zero-order chi connectivity index (χ0) is 14.7. The highest BCUT2D eigenvalue weighted by atomic mass is 35.5. The molecule has 21 heavy (non-hydrogen) atoms. The van der Waals surface area contributed by atoms with Crippen molar-refractivity contribution in [1.29, 1.82) is 0 Å². The molecular weight excluding hydrogens is 290 g/mol. The second-order valence-electron chi connectivity index (χ2n) is 5.46. The van der Waals surface area contributed by atoms with E-state index in [1.54, 1.807) is 24.3 Å². The van der Waals surface area contributed by atoms with Crippen LogP contribution in [0.5, 0.6) is 11.8 Å². The lowest BCUT2D eigenvalue weighted by atomic mass is 10.0. The van der Waals surface area contributed by atoms with Crippen molar-refractivity contribution >= 4 is 16.8 Å². The van der Waals surface area contributed by atoms with Crippen LogP contribution in [0.15, 0.2) is 36.4 Å². The summed E-state index contributed by atoms with van der Waals surface area (Å²) >= 11 is 5.42. The maximum atomic E-state index is 11.1. The Labute approximate surface area is 125 Å². The van der Waals surface area contributed by atoms with E-state index in [1.807, 2.05) is 0 Å². The molecule has 2 unspecified atom stereocenters. The Morgan fingerprint density at radius 1 is 1.05 bits per heavy atom. The summed E-state index contributed by atoms with van der Waals surface area (Å²) in [7, 11) is 0. The molecule has 1 aromatic heterocycles. The molecule has 2 aliphatic carbocycles. The van der Waals surface area contributed by atoms with Crippen molar-refractivity contribution in [2.45, 2.75) is 18.3 Å². The van der Waals surface area contributed by atoms with Gasteiger partial charge in [-0.25, -0.2) is 0 Å². The van der Waals surface area contributed by atoms with Crippen LogP contribution in [-0.4, -0.2) is 20.0 Å². The van der Waals surface area contributed by atoms with E-state index in [1.165, 1.54) is 4.57 Å². The van der Waals surface area contributed by atoms with Gasteiger partial charge in [0.2, 0.25) is 11.8 Å². The number of hydrogen-bond acceptors (Lipinski definition) is 3. The second-order valence-corrected chi connectivity index (χ2v) is 5.81. The molecule has 0 saturated heterocycles. The Bertz CT molecular complexity index is 753. The van der Waals surface area contributed by atoms with Crippen LogP contribution in [-0.2, 0) is 0 Å². The quantitative estimate of drug-likeness (QED) is 0.660. The summed E-state index contributed by atoms with van der Waals surface area (Å²) in [6.07, 6.45) is 5.07. The highest BCUT2D eigenvalue weighted by Crippen LogP contribution is 2.57. The molecule has 0 fully saturated rings. The number of halogens is 1. The first kappa shape index (κ1) is 12.5. The number of fused-ring (bicyclic) bond motifs is 5. The number of carbonyl (C=O) groups is 1. The summed E-state index contributed by atoms with van der Waals surface area (Å²) in [4.78, 5) is 11.1. The van der Waals surface area contributed by atoms with Crippen molar-refractivity contribution in [2.75, 3.05) is 0 Å². The first-order chi connectivity index (χ1) is 10.1. The molecular formula is C16H12ClNO3. The largest absolute Gasteiger partial charge is 0.494 e. The van der Waals surface area contributed by atoms with Crippen LogP contribution in [0.2, 0.25) is 0 Å². The van der Waals surface area contributed by atoms with Gasteiger partial charge in [-0.3, -0.25) is 9.36 Å². The molecule has 0 amide bonds. The smallest absolute Gasteiger partial charge is 0.252 e. The Morgan fingerprint density at radius 2 is 1.57 bits per heavy atom. The van der Waals surface area contributed by atoms with Crippen LogP contribution in [0.25, 0.3) is 5.69 Å². The summed E-state index contributed by atoms with van der Waals surface area (Å²) in [5.74, 6) is 0.510. The van der Waals surface area contributed by atoms with E-state index >= 15 is 0 Å². The molecule has 0 saturated carbocycles. The van der Waals surface area contributed by atoms with Crippen LogP contribution in [0.4, 0.5) is 0 Å². The van der Waals surface area contributed by atoms with Gasteiger partial charge in [-0.2, -0.15) is 0 Å². The highest BCUT2D eigenvalue weighted by molar-refractivity contribution is 6.67. The summed E-state index contributed by atoms with van der Waals surface area (Å²) in [6, 6.07) is 6.45. The molecule has 2 atom stereocenters. The second kappa shape index (κ2) is 4.15. The third-order valence-corrected chi connectivity index (χ3v) is 4.59. The van der Waals surface area contributed by atoms with E-state index in [4.69, 9.17) is 11.6 Å². The maximum absolute atomic E-state index is 11.1. The summed E-state index contributed by atoms with van der Waals surface area (Å²) in [5.41, 5.74) is 2.61. The van der Waals surface area contributed by atoms with Crippen LogP contribution >= 0.6 is 11.6 Å². The van der Waals surface area contributed by atoms with E-state index in [-0.39, 0.29) is 23.6 Å². The predicted octanol–water partition coefficient (Wildman–Crippen LogP) is 3.41. The van der Waals surface area contributed by atoms with Gasteiger partial charge in [0.05, 0.1) is 5.69 Å². The Hall–Kier alpha value is -2.20. The monoisotopic (exact) mass is 301 g/mol. The molecule has 106 valence electrons. The van der Waals surface area contributed by atoms with Gasteiger partial charge in [-0.15, -0.1) is 0 Å². The number of allylic oxidation sites excluding steroid dienone is 2. The molecule has 0 aliphatic heterocycles. The molecule has 1 aromatic carbocycles. The van der Waals surface area contributed by atoms with Crippen molar-refractivity contribution in [3.05, 3.63) is 53.1 Å². The van der Waals surface area contributed by atoms with Gasteiger partial charge in [-0.05, 0) is 42.3 Å². The molecule has 4 rings (SSSR count). The van der Waals surface area contributed by atoms with Gasteiger partial charge in [0.15, 0.2) is 0 Å². The molecule has 1 heterocycles. The molecule has 2 N–H and O–H groups in total. The van der Waals surface area contributed by atoms with Gasteiger partial charge in [0, 0.05) is 28.5 Å². The minimum atomic E-state index is -0.535. The van der Waals surface area contributed by atoms with E-state index in [0.717, 1.165) is 17.5 Å². The lowest BCUT2D eigenvalue weighted by Crippen LogP contribution is -1.97. The molecule has 0 radical (unpaired) electrons. The number of aromatic hydroxyl groups is 2. The minimum absolute atomic E-state index is 0.0734. The average molecular weight is 302 g/mol. The zero-order valence-electron chi connectivity index (χ0n) is 11.0. The predicted molar refractivity (Wildman–Crippen MR) is 78.5 cm³/mol. The lowest BCUT2D eigenvalue weighted by molar-refractivity contribution is 0.108. The molecule has 4 nitrogen and oxygen atoms in total. The van der Waals surface area contributed by atoms with Gasteiger partial charge in [0.25, 0.3) is 5.24 Å². The number of rotatable bonds is 2. The van der Waals surface area contributed by atoms with Gasteiger partial charge >= 0.3 is 0 Å². The maximum Gasteiger partial charge on any atom is 0.252 e. The Morgan fingerprint density at radius 3 is 2.05 bits per heavy atom. The fraction of sp³-hybridized carbons (Fsp3) is 0.188. The number of aromatic nitrogens is 1. The van der Waals surface area contributed by atoms with E-state index in [2.05, 4.69) is 12.2 Å². The molecule has 2 bridgehead atoms. The lowest BCUT2D eigenvalue weighted by Gasteiger charge is -2.10. The van der Waals surface area contributed by atoms with Gasteiger partial charge in [0.1, 0.15) is 0 Å². The third-order valence-electron chi connectivity index (χ3n) is 4.37. The van der Waals surface area contributed by atoms with Crippen molar-refractivity contribution < 1.29 is 15.0 Å². The average Bonchev–Trinajstić information content (AvgIpc) is 3.13. The number of hydrogen-bond donors (Lipinski definition) is 2. The normalized spacial score (nSPS) is 21.8. The van der Waals surface area contributed by atoms with Crippen molar-refractivity contribution in [1.82, 2.24) is 4.57 Å². The van der Waals surface area contributed by atoms with Crippen molar-refractivity contribution in [3.8, 4) is 17.4 Å². The standard InChI is InChI=1S/C16H12ClNO3/c17-14(19)8-3-5-11(6-4-8)18-15(20)12-9-1-2-10(7-9)13(12)16(18)21/h1-6,9-10,20-21H,7H2. The van der Waals surface area contributed by atoms with E-state index < -0.39 is 5.24 Å². The van der Waals surface area contributed by atoms with Crippen LogP contribution in [0, 0.1) is 0 Å². The first-order valence-corrected chi connectivity index (χ1v) is 7.10. The topological polar surface area (TPSA) is 62.5 Å². The van der Waals surface area contributed by atoms with Crippen LogP contribution < -0.4 is 0 Å². The number of nitrogens with zero attached hydrogens (tertiary/aromatic N) is 1. The van der Waals surface area contributed by atoms with Gasteiger partial charge < -0.3 is 10.2 Å². The van der Waals surface area contributed by atoms with Crippen LogP contribution in [0.3, 0.4) is 0 Å². The van der Waals surface area contributed by atoms with Crippen LogP contribution in [0.1, 0.15) is 39.7 Å². The third kappa shape index (κ3) is 1.59. The summed E-state index contributed by atoms with van der Waals surface area (Å²) in [6.45, 7) is 0. The van der Waals surface area contributed by atoms with Crippen molar-refractivity contribution in [3.63, 3.8) is 0 Å². The number of benzene rings is 1. The fourth-order valence-corrected chi connectivity index (χ4v) is 3.55.